The van der Waals surface area contributed by atoms with E-state index in [4.69, 9.17) is 9.47 Å². The van der Waals surface area contributed by atoms with Crippen molar-refractivity contribution in [2.45, 2.75) is 37.4 Å². The molecule has 0 aromatic rings. The van der Waals surface area contributed by atoms with Crippen LogP contribution >= 0.6 is 0 Å². The molecule has 1 N–H and O–H groups in total. The molecule has 5 heteroatoms. The highest BCUT2D eigenvalue weighted by Crippen LogP contribution is 2.25. The van der Waals surface area contributed by atoms with Gasteiger partial charge in [0.15, 0.2) is 0 Å². The summed E-state index contributed by atoms with van der Waals surface area (Å²) in [5.41, 5.74) is -0.626. The number of carbonyl (C=O) groups excluding carboxylic acids is 1. The third-order valence-electron chi connectivity index (χ3n) is 4.04. The van der Waals surface area contributed by atoms with E-state index < -0.39 is 5.60 Å². The SMILES string of the molecule is COC1(C(=O)N(C)CC2CCCO2)CCNCC1. The Hall–Kier alpha value is -0.650. The molecule has 1 unspecified atom stereocenters. The standard InChI is InChI=1S/C13H24N2O3/c1-15(10-11-4-3-9-18-11)12(16)13(17-2)5-7-14-8-6-13/h11,14H,3-10H2,1-2H3. The Balaban J connectivity index is 1.94. The lowest BCUT2D eigenvalue weighted by atomic mass is 9.90. The number of rotatable bonds is 4. The number of likely N-dealkylation sites (N-methyl/N-ethyl adjacent to an activating group) is 1. The maximum Gasteiger partial charge on any atom is 0.254 e. The van der Waals surface area contributed by atoms with E-state index in [0.29, 0.717) is 6.54 Å². The summed E-state index contributed by atoms with van der Waals surface area (Å²) in [4.78, 5) is 14.3. The first-order chi connectivity index (χ1) is 8.68. The van der Waals surface area contributed by atoms with E-state index in [1.165, 1.54) is 0 Å². The molecule has 104 valence electrons. The van der Waals surface area contributed by atoms with Crippen LogP contribution < -0.4 is 5.32 Å². The zero-order valence-electron chi connectivity index (χ0n) is 11.4. The molecule has 0 aliphatic carbocycles. The van der Waals surface area contributed by atoms with Gasteiger partial charge in [-0.25, -0.2) is 0 Å². The molecule has 0 aromatic carbocycles. The van der Waals surface area contributed by atoms with E-state index in [-0.39, 0.29) is 12.0 Å². The van der Waals surface area contributed by atoms with Crippen LogP contribution in [0.4, 0.5) is 0 Å². The summed E-state index contributed by atoms with van der Waals surface area (Å²) in [7, 11) is 3.50. The molecule has 0 saturated carbocycles. The molecule has 1 amide bonds. The van der Waals surface area contributed by atoms with E-state index in [1.807, 2.05) is 7.05 Å². The van der Waals surface area contributed by atoms with E-state index in [2.05, 4.69) is 5.32 Å². The highest BCUT2D eigenvalue weighted by atomic mass is 16.5. The summed E-state index contributed by atoms with van der Waals surface area (Å²) in [6, 6.07) is 0. The second-order valence-electron chi connectivity index (χ2n) is 5.27. The molecular weight excluding hydrogens is 232 g/mol. The number of hydrogen-bond acceptors (Lipinski definition) is 4. The molecule has 5 nitrogen and oxygen atoms in total. The number of hydrogen-bond donors (Lipinski definition) is 1. The first kappa shape index (κ1) is 13.8. The average molecular weight is 256 g/mol. The molecule has 2 aliphatic heterocycles. The minimum atomic E-state index is -0.626. The normalized spacial score (nSPS) is 27.1. The van der Waals surface area contributed by atoms with Crippen LogP contribution in [0, 0.1) is 0 Å². The lowest BCUT2D eigenvalue weighted by molar-refractivity contribution is -0.158. The Morgan fingerprint density at radius 1 is 1.50 bits per heavy atom. The van der Waals surface area contributed by atoms with Crippen molar-refractivity contribution in [2.75, 3.05) is 40.4 Å². The van der Waals surface area contributed by atoms with E-state index in [0.717, 1.165) is 45.4 Å². The molecule has 2 saturated heterocycles. The lowest BCUT2D eigenvalue weighted by Crippen LogP contribution is -2.55. The molecule has 0 spiro atoms. The van der Waals surface area contributed by atoms with Crippen LogP contribution in [0.25, 0.3) is 0 Å². The zero-order chi connectivity index (χ0) is 13.0. The number of ether oxygens (including phenoxy) is 2. The van der Waals surface area contributed by atoms with E-state index in [1.54, 1.807) is 12.0 Å². The second kappa shape index (κ2) is 5.99. The molecule has 2 rings (SSSR count). The van der Waals surface area contributed by atoms with Crippen LogP contribution in [0.1, 0.15) is 25.7 Å². The molecule has 2 heterocycles. The number of amides is 1. The van der Waals surface area contributed by atoms with Crippen molar-refractivity contribution in [1.29, 1.82) is 0 Å². The van der Waals surface area contributed by atoms with Crippen molar-refractivity contribution in [3.63, 3.8) is 0 Å². The van der Waals surface area contributed by atoms with Gasteiger partial charge in [-0.15, -0.1) is 0 Å². The van der Waals surface area contributed by atoms with Gasteiger partial charge in [0.2, 0.25) is 0 Å². The van der Waals surface area contributed by atoms with Gasteiger partial charge in [0.25, 0.3) is 5.91 Å². The zero-order valence-corrected chi connectivity index (χ0v) is 11.4. The lowest BCUT2D eigenvalue weighted by Gasteiger charge is -2.38. The van der Waals surface area contributed by atoms with Crippen molar-refractivity contribution in [3.8, 4) is 0 Å². The molecule has 18 heavy (non-hydrogen) atoms. The largest absolute Gasteiger partial charge is 0.376 e. The maximum absolute atomic E-state index is 12.6. The first-order valence-corrected chi connectivity index (χ1v) is 6.81. The monoisotopic (exact) mass is 256 g/mol. The Kier molecular flexibility index (Phi) is 4.59. The summed E-state index contributed by atoms with van der Waals surface area (Å²) in [5.74, 6) is 0.0991. The van der Waals surface area contributed by atoms with Crippen molar-refractivity contribution in [1.82, 2.24) is 10.2 Å². The Morgan fingerprint density at radius 2 is 2.22 bits per heavy atom. The fraction of sp³-hybridized carbons (Fsp3) is 0.923. The molecule has 0 aromatic heterocycles. The highest BCUT2D eigenvalue weighted by Gasteiger charge is 2.41. The molecule has 2 fully saturated rings. The second-order valence-corrected chi connectivity index (χ2v) is 5.27. The van der Waals surface area contributed by atoms with Crippen molar-refractivity contribution < 1.29 is 14.3 Å². The van der Waals surface area contributed by atoms with Gasteiger partial charge in [0, 0.05) is 27.3 Å². The van der Waals surface area contributed by atoms with Crippen LogP contribution in [0.5, 0.6) is 0 Å². The van der Waals surface area contributed by atoms with Gasteiger partial charge < -0.3 is 19.7 Å². The number of nitrogens with one attached hydrogen (secondary N) is 1. The van der Waals surface area contributed by atoms with Crippen LogP contribution in [-0.4, -0.2) is 62.9 Å². The first-order valence-electron chi connectivity index (χ1n) is 6.81. The molecule has 2 aliphatic rings. The Morgan fingerprint density at radius 3 is 2.78 bits per heavy atom. The third-order valence-corrected chi connectivity index (χ3v) is 4.04. The Labute approximate surface area is 109 Å². The van der Waals surface area contributed by atoms with E-state index >= 15 is 0 Å². The van der Waals surface area contributed by atoms with Crippen molar-refractivity contribution in [3.05, 3.63) is 0 Å². The van der Waals surface area contributed by atoms with Gasteiger partial charge in [-0.05, 0) is 38.8 Å². The number of nitrogens with zero attached hydrogens (tertiary/aromatic N) is 1. The van der Waals surface area contributed by atoms with Crippen molar-refractivity contribution >= 4 is 5.91 Å². The van der Waals surface area contributed by atoms with Crippen molar-refractivity contribution in [2.24, 2.45) is 0 Å². The van der Waals surface area contributed by atoms with Crippen LogP contribution in [-0.2, 0) is 14.3 Å². The summed E-state index contributed by atoms with van der Waals surface area (Å²) in [6.45, 7) is 3.18. The topological polar surface area (TPSA) is 50.8 Å². The molecule has 0 bridgehead atoms. The van der Waals surface area contributed by atoms with Gasteiger partial charge in [-0.1, -0.05) is 0 Å². The minimum Gasteiger partial charge on any atom is -0.376 e. The van der Waals surface area contributed by atoms with Crippen LogP contribution in [0.15, 0.2) is 0 Å². The molecular formula is C13H24N2O3. The molecule has 0 radical (unpaired) electrons. The smallest absolute Gasteiger partial charge is 0.254 e. The molecule has 1 atom stereocenters. The number of methoxy groups -OCH3 is 1. The predicted molar refractivity (Wildman–Crippen MR) is 68.5 cm³/mol. The van der Waals surface area contributed by atoms with Gasteiger partial charge in [-0.3, -0.25) is 4.79 Å². The van der Waals surface area contributed by atoms with Gasteiger partial charge in [0.05, 0.1) is 6.10 Å². The third kappa shape index (κ3) is 2.84. The maximum atomic E-state index is 12.6. The van der Waals surface area contributed by atoms with Gasteiger partial charge >= 0.3 is 0 Å². The summed E-state index contributed by atoms with van der Waals surface area (Å²) < 4.78 is 11.1. The van der Waals surface area contributed by atoms with E-state index in [9.17, 15) is 4.79 Å². The summed E-state index contributed by atoms with van der Waals surface area (Å²) in [6.07, 6.45) is 3.86. The summed E-state index contributed by atoms with van der Waals surface area (Å²) in [5, 5.41) is 3.27. The van der Waals surface area contributed by atoms with Crippen LogP contribution in [0.2, 0.25) is 0 Å². The summed E-state index contributed by atoms with van der Waals surface area (Å²) >= 11 is 0. The van der Waals surface area contributed by atoms with Gasteiger partial charge in [-0.2, -0.15) is 0 Å². The fourth-order valence-electron chi connectivity index (χ4n) is 2.86. The highest BCUT2D eigenvalue weighted by molar-refractivity contribution is 5.85. The number of carbonyl (C=O) groups is 1. The average Bonchev–Trinajstić information content (AvgIpc) is 2.91. The van der Waals surface area contributed by atoms with Gasteiger partial charge in [0.1, 0.15) is 5.60 Å². The fourth-order valence-corrected chi connectivity index (χ4v) is 2.86. The minimum absolute atomic E-state index is 0.0991. The predicted octanol–water partition coefficient (Wildman–Crippen LogP) is 0.392. The quantitative estimate of drug-likeness (QED) is 0.790. The van der Waals surface area contributed by atoms with Crippen LogP contribution in [0.3, 0.4) is 0 Å². The number of piperidine rings is 1. The Bertz CT molecular complexity index is 284.